The maximum atomic E-state index is 13.4. The van der Waals surface area contributed by atoms with E-state index in [4.69, 9.17) is 4.74 Å². The normalized spacial score (nSPS) is 23.2. The van der Waals surface area contributed by atoms with Crippen molar-refractivity contribution in [3.05, 3.63) is 30.1 Å². The molecule has 104 valence electrons. The van der Waals surface area contributed by atoms with Gasteiger partial charge in [0.2, 0.25) is 0 Å². The van der Waals surface area contributed by atoms with Gasteiger partial charge in [0, 0.05) is 13.1 Å². The number of carbonyl (C=O) groups excluding carboxylic acids is 1. The number of piperidine rings is 1. The van der Waals surface area contributed by atoms with Gasteiger partial charge in [-0.1, -0.05) is 26.0 Å². The van der Waals surface area contributed by atoms with Crippen LogP contribution in [0.5, 0.6) is 5.75 Å². The molecule has 2 rings (SSSR count). The first kappa shape index (κ1) is 13.8. The second-order valence-electron chi connectivity index (χ2n) is 5.46. The predicted molar refractivity (Wildman–Crippen MR) is 71.4 cm³/mol. The van der Waals surface area contributed by atoms with Crippen molar-refractivity contribution < 1.29 is 13.9 Å². The number of likely N-dealkylation sites (tertiary alicyclic amines) is 1. The number of halogens is 1. The molecule has 19 heavy (non-hydrogen) atoms. The monoisotopic (exact) mass is 265 g/mol. The van der Waals surface area contributed by atoms with E-state index in [0.29, 0.717) is 11.8 Å². The summed E-state index contributed by atoms with van der Waals surface area (Å²) in [5.74, 6) is 0.661. The van der Waals surface area contributed by atoms with Gasteiger partial charge in [-0.15, -0.1) is 0 Å². The molecular formula is C15H20FNO2. The number of ether oxygens (including phenoxy) is 1. The number of hydrogen-bond acceptors (Lipinski definition) is 2. The molecular weight excluding hydrogens is 245 g/mol. The fourth-order valence-electron chi connectivity index (χ4n) is 2.66. The Morgan fingerprint density at radius 1 is 1.32 bits per heavy atom. The SMILES string of the molecule is C[C@H]1C[C@H](C)CN(C(=O)COc2ccccc2F)C1. The van der Waals surface area contributed by atoms with E-state index >= 15 is 0 Å². The summed E-state index contributed by atoms with van der Waals surface area (Å²) < 4.78 is 18.6. The van der Waals surface area contributed by atoms with Crippen LogP contribution in [0, 0.1) is 17.7 Å². The quantitative estimate of drug-likeness (QED) is 0.841. The molecule has 1 fully saturated rings. The molecule has 0 radical (unpaired) electrons. The molecule has 2 atom stereocenters. The molecule has 0 bridgehead atoms. The second kappa shape index (κ2) is 6.04. The smallest absolute Gasteiger partial charge is 0.260 e. The van der Waals surface area contributed by atoms with Crippen LogP contribution in [0.25, 0.3) is 0 Å². The van der Waals surface area contributed by atoms with Gasteiger partial charge >= 0.3 is 0 Å². The molecule has 1 heterocycles. The van der Waals surface area contributed by atoms with E-state index in [-0.39, 0.29) is 18.3 Å². The number of para-hydroxylation sites is 1. The van der Waals surface area contributed by atoms with Crippen molar-refractivity contribution >= 4 is 5.91 Å². The highest BCUT2D eigenvalue weighted by molar-refractivity contribution is 5.77. The van der Waals surface area contributed by atoms with Crippen LogP contribution in [0.3, 0.4) is 0 Å². The lowest BCUT2D eigenvalue weighted by atomic mass is 9.92. The Kier molecular flexibility index (Phi) is 4.40. The molecule has 1 saturated heterocycles. The third-order valence-corrected chi connectivity index (χ3v) is 3.41. The van der Waals surface area contributed by atoms with Crippen LogP contribution in [0.4, 0.5) is 4.39 Å². The zero-order valence-electron chi connectivity index (χ0n) is 11.4. The van der Waals surface area contributed by atoms with E-state index in [0.717, 1.165) is 19.5 Å². The van der Waals surface area contributed by atoms with Gasteiger partial charge in [0.05, 0.1) is 0 Å². The maximum absolute atomic E-state index is 13.4. The lowest BCUT2D eigenvalue weighted by molar-refractivity contribution is -0.136. The van der Waals surface area contributed by atoms with Crippen molar-refractivity contribution in [2.45, 2.75) is 20.3 Å². The Labute approximate surface area is 113 Å². The van der Waals surface area contributed by atoms with Crippen molar-refractivity contribution in [1.82, 2.24) is 4.90 Å². The van der Waals surface area contributed by atoms with Gasteiger partial charge in [0.1, 0.15) is 0 Å². The Hall–Kier alpha value is -1.58. The van der Waals surface area contributed by atoms with Crippen molar-refractivity contribution in [2.24, 2.45) is 11.8 Å². The highest BCUT2D eigenvalue weighted by atomic mass is 19.1. The highest BCUT2D eigenvalue weighted by Crippen LogP contribution is 2.21. The van der Waals surface area contributed by atoms with Gasteiger partial charge in [0.15, 0.2) is 18.2 Å². The molecule has 0 N–H and O–H groups in total. The van der Waals surface area contributed by atoms with Gasteiger partial charge in [-0.2, -0.15) is 0 Å². The van der Waals surface area contributed by atoms with Crippen molar-refractivity contribution in [1.29, 1.82) is 0 Å². The Balaban J connectivity index is 1.89. The largest absolute Gasteiger partial charge is 0.481 e. The first-order valence-corrected chi connectivity index (χ1v) is 6.71. The van der Waals surface area contributed by atoms with Crippen LogP contribution in [-0.4, -0.2) is 30.5 Å². The summed E-state index contributed by atoms with van der Waals surface area (Å²) in [6, 6.07) is 6.14. The van der Waals surface area contributed by atoms with Gasteiger partial charge in [-0.3, -0.25) is 4.79 Å². The lowest BCUT2D eigenvalue weighted by Gasteiger charge is -2.34. The summed E-state index contributed by atoms with van der Waals surface area (Å²) in [4.78, 5) is 13.9. The minimum absolute atomic E-state index is 0.0679. The summed E-state index contributed by atoms with van der Waals surface area (Å²) in [7, 11) is 0. The minimum atomic E-state index is -0.435. The van der Waals surface area contributed by atoms with Crippen LogP contribution in [-0.2, 0) is 4.79 Å². The Morgan fingerprint density at radius 3 is 2.58 bits per heavy atom. The number of hydrogen-bond donors (Lipinski definition) is 0. The molecule has 0 spiro atoms. The second-order valence-corrected chi connectivity index (χ2v) is 5.46. The van der Waals surface area contributed by atoms with Crippen molar-refractivity contribution in [3.8, 4) is 5.75 Å². The van der Waals surface area contributed by atoms with E-state index in [1.807, 2.05) is 4.90 Å². The molecule has 0 unspecified atom stereocenters. The van der Waals surface area contributed by atoms with E-state index in [1.54, 1.807) is 12.1 Å². The molecule has 3 nitrogen and oxygen atoms in total. The average molecular weight is 265 g/mol. The number of amides is 1. The molecule has 1 aliphatic heterocycles. The van der Waals surface area contributed by atoms with Crippen LogP contribution in [0.2, 0.25) is 0 Å². The van der Waals surface area contributed by atoms with Crippen LogP contribution in [0.15, 0.2) is 24.3 Å². The fourth-order valence-corrected chi connectivity index (χ4v) is 2.66. The molecule has 0 aromatic heterocycles. The van der Waals surface area contributed by atoms with Crippen LogP contribution in [0.1, 0.15) is 20.3 Å². The van der Waals surface area contributed by atoms with E-state index < -0.39 is 5.82 Å². The third kappa shape index (κ3) is 3.69. The molecule has 1 aromatic rings. The molecule has 1 amide bonds. The molecule has 0 aliphatic carbocycles. The molecule has 1 aromatic carbocycles. The average Bonchev–Trinajstić information content (AvgIpc) is 2.36. The summed E-state index contributed by atoms with van der Waals surface area (Å²) in [5.41, 5.74) is 0. The first-order valence-electron chi connectivity index (χ1n) is 6.71. The highest BCUT2D eigenvalue weighted by Gasteiger charge is 2.25. The summed E-state index contributed by atoms with van der Waals surface area (Å²) >= 11 is 0. The third-order valence-electron chi connectivity index (χ3n) is 3.41. The number of rotatable bonds is 3. The van der Waals surface area contributed by atoms with Gasteiger partial charge in [0.25, 0.3) is 5.91 Å². The van der Waals surface area contributed by atoms with Gasteiger partial charge < -0.3 is 9.64 Å². The summed E-state index contributed by atoms with van der Waals surface area (Å²) in [6.07, 6.45) is 1.15. The van der Waals surface area contributed by atoms with Crippen LogP contribution >= 0.6 is 0 Å². The zero-order chi connectivity index (χ0) is 13.8. The minimum Gasteiger partial charge on any atom is -0.481 e. The standard InChI is InChI=1S/C15H20FNO2/c1-11-7-12(2)9-17(8-11)15(18)10-19-14-6-4-3-5-13(14)16/h3-6,11-12H,7-10H2,1-2H3/t11-,12-/m0/s1. The maximum Gasteiger partial charge on any atom is 0.260 e. The first-order chi connectivity index (χ1) is 9.06. The Bertz CT molecular complexity index is 440. The molecule has 0 saturated carbocycles. The van der Waals surface area contributed by atoms with E-state index in [2.05, 4.69) is 13.8 Å². The topological polar surface area (TPSA) is 29.5 Å². The van der Waals surface area contributed by atoms with Gasteiger partial charge in [-0.25, -0.2) is 4.39 Å². The van der Waals surface area contributed by atoms with E-state index in [1.165, 1.54) is 12.1 Å². The number of carbonyl (C=O) groups is 1. The fraction of sp³-hybridized carbons (Fsp3) is 0.533. The molecule has 1 aliphatic rings. The van der Waals surface area contributed by atoms with Gasteiger partial charge in [-0.05, 0) is 30.4 Å². The van der Waals surface area contributed by atoms with E-state index in [9.17, 15) is 9.18 Å². The zero-order valence-corrected chi connectivity index (χ0v) is 11.4. The van der Waals surface area contributed by atoms with Crippen molar-refractivity contribution in [2.75, 3.05) is 19.7 Å². The number of nitrogens with zero attached hydrogens (tertiary/aromatic N) is 1. The lowest BCUT2D eigenvalue weighted by Crippen LogP contribution is -2.44. The summed E-state index contributed by atoms with van der Waals surface area (Å²) in [6.45, 7) is 5.73. The summed E-state index contributed by atoms with van der Waals surface area (Å²) in [5, 5.41) is 0. The van der Waals surface area contributed by atoms with Crippen LogP contribution < -0.4 is 4.74 Å². The Morgan fingerprint density at radius 2 is 1.95 bits per heavy atom. The van der Waals surface area contributed by atoms with Crippen molar-refractivity contribution in [3.63, 3.8) is 0 Å². The predicted octanol–water partition coefficient (Wildman–Crippen LogP) is 2.71. The number of benzene rings is 1. The molecule has 4 heteroatoms.